The number of aromatic nitrogens is 1. The summed E-state index contributed by atoms with van der Waals surface area (Å²) in [5.41, 5.74) is 3.64. The number of hydrogen-bond donors (Lipinski definition) is 2. The van der Waals surface area contributed by atoms with Crippen molar-refractivity contribution in [3.05, 3.63) is 23.9 Å². The van der Waals surface area contributed by atoms with Crippen molar-refractivity contribution in [2.75, 3.05) is 5.43 Å². The number of anilines is 1. The predicted molar refractivity (Wildman–Crippen MR) is 72.9 cm³/mol. The number of nitrogens with two attached hydrogens (primary N) is 1. The number of pyridine rings is 1. The van der Waals surface area contributed by atoms with Crippen LogP contribution in [0.5, 0.6) is 0 Å². The van der Waals surface area contributed by atoms with Gasteiger partial charge in [-0.05, 0) is 24.8 Å². The monoisotopic (exact) mass is 249 g/mol. The summed E-state index contributed by atoms with van der Waals surface area (Å²) in [4.78, 5) is 4.18. The molecule has 0 radical (unpaired) electrons. The van der Waals surface area contributed by atoms with E-state index in [4.69, 9.17) is 10.6 Å². The maximum atomic E-state index is 6.01. The van der Waals surface area contributed by atoms with Crippen LogP contribution in [0.25, 0.3) is 0 Å². The average molecular weight is 249 g/mol. The lowest BCUT2D eigenvalue weighted by Crippen LogP contribution is -2.23. The SMILES string of the molecule is CCC1CCCC(OCc2cccnc2NN)C1. The van der Waals surface area contributed by atoms with Crippen LogP contribution in [0.4, 0.5) is 5.82 Å². The van der Waals surface area contributed by atoms with E-state index in [9.17, 15) is 0 Å². The summed E-state index contributed by atoms with van der Waals surface area (Å²) >= 11 is 0. The lowest BCUT2D eigenvalue weighted by atomic mass is 9.85. The molecule has 0 amide bonds. The standard InChI is InChI=1S/C14H23N3O/c1-2-11-5-3-7-13(9-11)18-10-12-6-4-8-16-14(12)17-15/h4,6,8,11,13H,2-3,5,7,9-10,15H2,1H3,(H,16,17). The first-order valence-electron chi connectivity index (χ1n) is 6.85. The van der Waals surface area contributed by atoms with Gasteiger partial charge in [0.15, 0.2) is 0 Å². The van der Waals surface area contributed by atoms with E-state index in [-0.39, 0.29) is 0 Å². The maximum Gasteiger partial charge on any atom is 0.145 e. The van der Waals surface area contributed by atoms with Crippen molar-refractivity contribution in [2.24, 2.45) is 11.8 Å². The van der Waals surface area contributed by atoms with Crippen LogP contribution in [0.15, 0.2) is 18.3 Å². The normalized spacial score (nSPS) is 23.9. The molecule has 4 heteroatoms. The van der Waals surface area contributed by atoms with Crippen LogP contribution < -0.4 is 11.3 Å². The van der Waals surface area contributed by atoms with Crippen LogP contribution in [0.1, 0.15) is 44.6 Å². The Balaban J connectivity index is 1.87. The highest BCUT2D eigenvalue weighted by atomic mass is 16.5. The van der Waals surface area contributed by atoms with Gasteiger partial charge < -0.3 is 10.2 Å². The van der Waals surface area contributed by atoms with Gasteiger partial charge in [0.25, 0.3) is 0 Å². The Bertz CT molecular complexity index is 370. The molecule has 18 heavy (non-hydrogen) atoms. The van der Waals surface area contributed by atoms with E-state index < -0.39 is 0 Å². The molecule has 0 bridgehead atoms. The lowest BCUT2D eigenvalue weighted by molar-refractivity contribution is 0.00191. The molecular weight excluding hydrogens is 226 g/mol. The molecule has 0 aliphatic heterocycles. The molecule has 3 N–H and O–H groups in total. The van der Waals surface area contributed by atoms with Crippen molar-refractivity contribution in [1.29, 1.82) is 0 Å². The molecule has 2 atom stereocenters. The van der Waals surface area contributed by atoms with Gasteiger partial charge in [-0.3, -0.25) is 0 Å². The van der Waals surface area contributed by atoms with Crippen molar-refractivity contribution < 1.29 is 4.74 Å². The highest BCUT2D eigenvalue weighted by molar-refractivity contribution is 5.41. The number of rotatable bonds is 5. The fourth-order valence-electron chi connectivity index (χ4n) is 2.66. The van der Waals surface area contributed by atoms with Crippen molar-refractivity contribution in [1.82, 2.24) is 4.98 Å². The first-order chi connectivity index (χ1) is 8.83. The summed E-state index contributed by atoms with van der Waals surface area (Å²) in [5, 5.41) is 0. The van der Waals surface area contributed by atoms with Gasteiger partial charge in [-0.25, -0.2) is 10.8 Å². The molecule has 1 aromatic heterocycles. The number of nitrogen functional groups attached to an aromatic ring is 1. The minimum absolute atomic E-state index is 0.398. The Hall–Kier alpha value is -1.13. The van der Waals surface area contributed by atoms with E-state index in [2.05, 4.69) is 17.3 Å². The van der Waals surface area contributed by atoms with E-state index in [1.807, 2.05) is 12.1 Å². The molecule has 2 unspecified atom stereocenters. The third-order valence-corrected chi connectivity index (χ3v) is 3.81. The number of hydrazine groups is 1. The van der Waals surface area contributed by atoms with E-state index in [1.165, 1.54) is 32.1 Å². The summed E-state index contributed by atoms with van der Waals surface area (Å²) in [7, 11) is 0. The second-order valence-electron chi connectivity index (χ2n) is 5.03. The summed E-state index contributed by atoms with van der Waals surface area (Å²) in [6, 6.07) is 3.91. The first kappa shape index (κ1) is 13.3. The molecule has 1 aromatic rings. The highest BCUT2D eigenvalue weighted by Crippen LogP contribution is 2.29. The van der Waals surface area contributed by atoms with Gasteiger partial charge in [0, 0.05) is 11.8 Å². The van der Waals surface area contributed by atoms with Crippen molar-refractivity contribution >= 4 is 5.82 Å². The molecule has 1 aliphatic carbocycles. The largest absolute Gasteiger partial charge is 0.373 e. The zero-order chi connectivity index (χ0) is 12.8. The van der Waals surface area contributed by atoms with Crippen LogP contribution in [0.2, 0.25) is 0 Å². The van der Waals surface area contributed by atoms with Gasteiger partial charge in [0.2, 0.25) is 0 Å². The van der Waals surface area contributed by atoms with Crippen LogP contribution in [0.3, 0.4) is 0 Å². The van der Waals surface area contributed by atoms with Crippen molar-refractivity contribution in [2.45, 2.75) is 51.7 Å². The molecule has 2 rings (SSSR count). The molecule has 1 aliphatic rings. The zero-order valence-corrected chi connectivity index (χ0v) is 11.1. The summed E-state index contributed by atoms with van der Waals surface area (Å²) < 4.78 is 6.01. The van der Waals surface area contributed by atoms with Gasteiger partial charge in [0.1, 0.15) is 5.82 Å². The van der Waals surface area contributed by atoms with E-state index in [1.54, 1.807) is 6.20 Å². The molecule has 100 valence electrons. The minimum Gasteiger partial charge on any atom is -0.373 e. The van der Waals surface area contributed by atoms with Crippen LogP contribution in [0, 0.1) is 5.92 Å². The Morgan fingerprint density at radius 3 is 3.17 bits per heavy atom. The molecule has 0 aromatic carbocycles. The van der Waals surface area contributed by atoms with Gasteiger partial charge in [-0.1, -0.05) is 32.3 Å². The highest BCUT2D eigenvalue weighted by Gasteiger charge is 2.21. The summed E-state index contributed by atoms with van der Waals surface area (Å²) in [5.74, 6) is 6.98. The Labute approximate surface area is 109 Å². The van der Waals surface area contributed by atoms with Crippen molar-refractivity contribution in [3.63, 3.8) is 0 Å². The van der Waals surface area contributed by atoms with Gasteiger partial charge >= 0.3 is 0 Å². The smallest absolute Gasteiger partial charge is 0.145 e. The fraction of sp³-hybridized carbons (Fsp3) is 0.643. The summed E-state index contributed by atoms with van der Waals surface area (Å²) in [6.45, 7) is 2.86. The molecule has 1 fully saturated rings. The van der Waals surface area contributed by atoms with Gasteiger partial charge in [-0.2, -0.15) is 0 Å². The van der Waals surface area contributed by atoms with E-state index in [0.717, 1.165) is 11.5 Å². The fourth-order valence-corrected chi connectivity index (χ4v) is 2.66. The summed E-state index contributed by atoms with van der Waals surface area (Å²) in [6.07, 6.45) is 8.42. The molecular formula is C14H23N3O. The lowest BCUT2D eigenvalue weighted by Gasteiger charge is -2.28. The zero-order valence-electron chi connectivity index (χ0n) is 11.1. The van der Waals surface area contributed by atoms with E-state index >= 15 is 0 Å². The Morgan fingerprint density at radius 1 is 1.50 bits per heavy atom. The second-order valence-corrected chi connectivity index (χ2v) is 5.03. The van der Waals surface area contributed by atoms with Crippen LogP contribution in [-0.4, -0.2) is 11.1 Å². The topological polar surface area (TPSA) is 60.2 Å². The third-order valence-electron chi connectivity index (χ3n) is 3.81. The number of ether oxygens (including phenoxy) is 1. The quantitative estimate of drug-likeness (QED) is 0.622. The second kappa shape index (κ2) is 6.71. The van der Waals surface area contributed by atoms with Crippen LogP contribution >= 0.6 is 0 Å². The number of nitrogens with zero attached hydrogens (tertiary/aromatic N) is 1. The number of nitrogens with one attached hydrogen (secondary N) is 1. The maximum absolute atomic E-state index is 6.01. The molecule has 1 heterocycles. The minimum atomic E-state index is 0.398. The third kappa shape index (κ3) is 3.43. The molecule has 4 nitrogen and oxygen atoms in total. The van der Waals surface area contributed by atoms with Gasteiger partial charge in [0.05, 0.1) is 12.7 Å². The molecule has 0 spiro atoms. The molecule has 1 saturated carbocycles. The van der Waals surface area contributed by atoms with E-state index in [0.29, 0.717) is 18.5 Å². The van der Waals surface area contributed by atoms with Crippen LogP contribution in [-0.2, 0) is 11.3 Å². The first-order valence-corrected chi connectivity index (χ1v) is 6.85. The average Bonchev–Trinajstić information content (AvgIpc) is 2.45. The predicted octanol–water partition coefficient (Wildman–Crippen LogP) is 2.85. The van der Waals surface area contributed by atoms with Gasteiger partial charge in [-0.15, -0.1) is 0 Å². The Morgan fingerprint density at radius 2 is 2.39 bits per heavy atom. The van der Waals surface area contributed by atoms with Crippen molar-refractivity contribution in [3.8, 4) is 0 Å². The Kier molecular flexibility index (Phi) is 4.96. The molecule has 0 saturated heterocycles. The number of hydrogen-bond acceptors (Lipinski definition) is 4.